The first-order valence-electron chi connectivity index (χ1n) is 9.23. The van der Waals surface area contributed by atoms with E-state index in [4.69, 9.17) is 4.74 Å². The summed E-state index contributed by atoms with van der Waals surface area (Å²) in [5.41, 5.74) is 5.64. The van der Waals surface area contributed by atoms with Gasteiger partial charge in [0, 0.05) is 11.7 Å². The van der Waals surface area contributed by atoms with Crippen LogP contribution in [-0.4, -0.2) is 31.0 Å². The van der Waals surface area contributed by atoms with E-state index in [1.54, 1.807) is 7.11 Å². The first-order valence-corrected chi connectivity index (χ1v) is 9.23. The molecule has 0 radical (unpaired) electrons. The smallest absolute Gasteiger partial charge is 0.238 e. The number of aryl methyl sites for hydroxylation is 3. The Bertz CT molecular complexity index is 760. The van der Waals surface area contributed by atoms with Gasteiger partial charge in [-0.3, -0.25) is 9.69 Å². The molecule has 2 aromatic carbocycles. The van der Waals surface area contributed by atoms with Gasteiger partial charge in [0.05, 0.1) is 13.7 Å². The Labute approximate surface area is 156 Å². The van der Waals surface area contributed by atoms with Gasteiger partial charge < -0.3 is 10.1 Å². The SMILES string of the molecule is COc1ccc(C2CCCN2CC(=O)Nc2c(C)cc(C)cc2C)cc1. The number of anilines is 1. The third-order valence-corrected chi connectivity index (χ3v) is 5.15. The van der Waals surface area contributed by atoms with Crippen LogP contribution < -0.4 is 10.1 Å². The molecule has 1 N–H and O–H groups in total. The zero-order valence-corrected chi connectivity index (χ0v) is 16.1. The van der Waals surface area contributed by atoms with Crippen LogP contribution in [0.4, 0.5) is 5.69 Å². The van der Waals surface area contributed by atoms with Crippen molar-refractivity contribution in [3.63, 3.8) is 0 Å². The number of rotatable bonds is 5. The lowest BCUT2D eigenvalue weighted by Gasteiger charge is -2.25. The Balaban J connectivity index is 1.68. The number of nitrogens with one attached hydrogen (secondary N) is 1. The monoisotopic (exact) mass is 352 g/mol. The topological polar surface area (TPSA) is 41.6 Å². The molecule has 1 aliphatic rings. The van der Waals surface area contributed by atoms with E-state index in [1.165, 1.54) is 11.1 Å². The largest absolute Gasteiger partial charge is 0.497 e. The first-order chi connectivity index (χ1) is 12.5. The van der Waals surface area contributed by atoms with Gasteiger partial charge in [0.15, 0.2) is 0 Å². The van der Waals surface area contributed by atoms with Gasteiger partial charge in [0.25, 0.3) is 0 Å². The Morgan fingerprint density at radius 3 is 2.42 bits per heavy atom. The maximum absolute atomic E-state index is 12.7. The number of carbonyl (C=O) groups excluding carboxylic acids is 1. The predicted molar refractivity (Wildman–Crippen MR) is 106 cm³/mol. The maximum Gasteiger partial charge on any atom is 0.238 e. The van der Waals surface area contributed by atoms with Crippen molar-refractivity contribution in [2.24, 2.45) is 0 Å². The summed E-state index contributed by atoms with van der Waals surface area (Å²) in [7, 11) is 1.68. The van der Waals surface area contributed by atoms with E-state index in [-0.39, 0.29) is 5.91 Å². The third kappa shape index (κ3) is 4.07. The lowest BCUT2D eigenvalue weighted by atomic mass is 10.0. The van der Waals surface area contributed by atoms with E-state index >= 15 is 0 Å². The van der Waals surface area contributed by atoms with Gasteiger partial charge in [-0.15, -0.1) is 0 Å². The van der Waals surface area contributed by atoms with Crippen molar-refractivity contribution >= 4 is 11.6 Å². The summed E-state index contributed by atoms with van der Waals surface area (Å²) in [6, 6.07) is 12.7. The zero-order valence-electron chi connectivity index (χ0n) is 16.1. The normalized spacial score (nSPS) is 17.3. The number of amides is 1. The summed E-state index contributed by atoms with van der Waals surface area (Å²) in [5, 5.41) is 3.12. The summed E-state index contributed by atoms with van der Waals surface area (Å²) in [4.78, 5) is 14.9. The summed E-state index contributed by atoms with van der Waals surface area (Å²) in [6.07, 6.45) is 2.20. The molecule has 1 unspecified atom stereocenters. The van der Waals surface area contributed by atoms with E-state index in [1.807, 2.05) is 26.0 Å². The number of hydrogen-bond acceptors (Lipinski definition) is 3. The maximum atomic E-state index is 12.7. The van der Waals surface area contributed by atoms with E-state index in [0.29, 0.717) is 12.6 Å². The highest BCUT2D eigenvalue weighted by atomic mass is 16.5. The van der Waals surface area contributed by atoms with Crippen molar-refractivity contribution in [1.82, 2.24) is 4.90 Å². The van der Waals surface area contributed by atoms with Crippen LogP contribution in [-0.2, 0) is 4.79 Å². The van der Waals surface area contributed by atoms with Crippen LogP contribution >= 0.6 is 0 Å². The molecule has 1 aliphatic heterocycles. The number of hydrogen-bond donors (Lipinski definition) is 1. The second-order valence-electron chi connectivity index (χ2n) is 7.22. The molecule has 0 aromatic heterocycles. The second kappa shape index (κ2) is 7.92. The summed E-state index contributed by atoms with van der Waals surface area (Å²) >= 11 is 0. The predicted octanol–water partition coefficient (Wildman–Crippen LogP) is 4.40. The van der Waals surface area contributed by atoms with Gasteiger partial charge in [-0.1, -0.05) is 29.8 Å². The van der Waals surface area contributed by atoms with E-state index in [9.17, 15) is 4.79 Å². The highest BCUT2D eigenvalue weighted by molar-refractivity contribution is 5.93. The van der Waals surface area contributed by atoms with Crippen molar-refractivity contribution in [2.75, 3.05) is 25.5 Å². The number of ether oxygens (including phenoxy) is 1. The summed E-state index contributed by atoms with van der Waals surface area (Å²) in [6.45, 7) is 7.55. The van der Waals surface area contributed by atoms with E-state index < -0.39 is 0 Å². The van der Waals surface area contributed by atoms with Crippen molar-refractivity contribution in [3.05, 3.63) is 58.7 Å². The molecule has 1 fully saturated rings. The average Bonchev–Trinajstić information content (AvgIpc) is 3.06. The van der Waals surface area contributed by atoms with Gasteiger partial charge in [0.2, 0.25) is 5.91 Å². The highest BCUT2D eigenvalue weighted by Crippen LogP contribution is 2.32. The summed E-state index contributed by atoms with van der Waals surface area (Å²) in [5.74, 6) is 0.918. The lowest BCUT2D eigenvalue weighted by Crippen LogP contribution is -2.33. The Hall–Kier alpha value is -2.33. The zero-order chi connectivity index (χ0) is 18.7. The molecule has 4 heteroatoms. The molecule has 1 heterocycles. The highest BCUT2D eigenvalue weighted by Gasteiger charge is 2.27. The molecule has 2 aromatic rings. The number of likely N-dealkylation sites (tertiary alicyclic amines) is 1. The molecule has 3 rings (SSSR count). The van der Waals surface area contributed by atoms with Crippen LogP contribution in [0.1, 0.15) is 41.1 Å². The molecule has 0 saturated carbocycles. The molecule has 0 aliphatic carbocycles. The molecular weight excluding hydrogens is 324 g/mol. The Kier molecular flexibility index (Phi) is 5.62. The van der Waals surface area contributed by atoms with E-state index in [2.05, 4.69) is 41.4 Å². The lowest BCUT2D eigenvalue weighted by molar-refractivity contribution is -0.117. The molecule has 138 valence electrons. The number of methoxy groups -OCH3 is 1. The van der Waals surface area contributed by atoms with Crippen LogP contribution in [0.2, 0.25) is 0 Å². The number of carbonyl (C=O) groups is 1. The average molecular weight is 352 g/mol. The van der Waals surface area contributed by atoms with Gasteiger partial charge >= 0.3 is 0 Å². The minimum atomic E-state index is 0.0560. The molecule has 0 bridgehead atoms. The van der Waals surface area contributed by atoms with Crippen molar-refractivity contribution in [2.45, 2.75) is 39.7 Å². The molecule has 4 nitrogen and oxygen atoms in total. The minimum Gasteiger partial charge on any atom is -0.497 e. The van der Waals surface area contributed by atoms with Crippen molar-refractivity contribution < 1.29 is 9.53 Å². The fraction of sp³-hybridized carbons (Fsp3) is 0.409. The van der Waals surface area contributed by atoms with Crippen LogP contribution in [0.3, 0.4) is 0 Å². The Morgan fingerprint density at radius 2 is 1.81 bits per heavy atom. The molecule has 0 spiro atoms. The molecule has 26 heavy (non-hydrogen) atoms. The van der Waals surface area contributed by atoms with Crippen LogP contribution in [0.15, 0.2) is 36.4 Å². The molecule has 1 amide bonds. The van der Waals surface area contributed by atoms with Crippen LogP contribution in [0.25, 0.3) is 0 Å². The first kappa shape index (κ1) is 18.5. The fourth-order valence-corrected chi connectivity index (χ4v) is 3.96. The van der Waals surface area contributed by atoms with Gasteiger partial charge in [-0.25, -0.2) is 0 Å². The molecule has 1 saturated heterocycles. The second-order valence-corrected chi connectivity index (χ2v) is 7.22. The van der Waals surface area contributed by atoms with Gasteiger partial charge in [-0.2, -0.15) is 0 Å². The quantitative estimate of drug-likeness (QED) is 0.867. The number of nitrogens with zero attached hydrogens (tertiary/aromatic N) is 1. The Morgan fingerprint density at radius 1 is 1.15 bits per heavy atom. The van der Waals surface area contributed by atoms with Crippen LogP contribution in [0.5, 0.6) is 5.75 Å². The fourth-order valence-electron chi connectivity index (χ4n) is 3.96. The standard InChI is InChI=1S/C22H28N2O2/c1-15-12-16(2)22(17(3)13-15)23-21(25)14-24-11-5-6-20(24)18-7-9-19(26-4)10-8-18/h7-10,12-13,20H,5-6,11,14H2,1-4H3,(H,23,25). The summed E-state index contributed by atoms with van der Waals surface area (Å²) < 4.78 is 5.24. The van der Waals surface area contributed by atoms with Crippen LogP contribution in [0, 0.1) is 20.8 Å². The van der Waals surface area contributed by atoms with Gasteiger partial charge in [-0.05, 0) is 69.0 Å². The van der Waals surface area contributed by atoms with Crippen molar-refractivity contribution in [1.29, 1.82) is 0 Å². The molecular formula is C22H28N2O2. The van der Waals surface area contributed by atoms with Crippen molar-refractivity contribution in [3.8, 4) is 5.75 Å². The number of benzene rings is 2. The minimum absolute atomic E-state index is 0.0560. The third-order valence-electron chi connectivity index (χ3n) is 5.15. The molecule has 1 atom stereocenters. The van der Waals surface area contributed by atoms with Gasteiger partial charge in [0.1, 0.15) is 5.75 Å². The van der Waals surface area contributed by atoms with E-state index in [0.717, 1.165) is 42.0 Å².